The monoisotopic (exact) mass is 342 g/mol. The Balaban J connectivity index is 2.88. The van der Waals surface area contributed by atoms with Crippen molar-refractivity contribution in [3.05, 3.63) is 29.3 Å². The lowest BCUT2D eigenvalue weighted by atomic mass is 9.80. The number of carbonyl (C=O) groups excluding carboxylic acids is 1. The van der Waals surface area contributed by atoms with Crippen molar-refractivity contribution in [3.8, 4) is 0 Å². The summed E-state index contributed by atoms with van der Waals surface area (Å²) < 4.78 is 22.7. The van der Waals surface area contributed by atoms with Gasteiger partial charge in [0.05, 0.1) is 4.90 Å². The van der Waals surface area contributed by atoms with E-state index in [0.29, 0.717) is 11.1 Å². The van der Waals surface area contributed by atoms with Crippen LogP contribution < -0.4 is 10.5 Å². The minimum atomic E-state index is -3.79. The standard InChI is InChI=1S/C15H22N2O5S/c1-9-7-10(5-6-11(9)23(16,21)22)8-17-13(18)12(14(19)20)15(2,3)4/h5-7,12H,8H2,1-4H3,(H,17,18)(H,19,20)(H2,16,21,22). The van der Waals surface area contributed by atoms with Gasteiger partial charge in [0.2, 0.25) is 15.9 Å². The largest absolute Gasteiger partial charge is 0.481 e. The van der Waals surface area contributed by atoms with Gasteiger partial charge in [0, 0.05) is 6.54 Å². The Morgan fingerprint density at radius 1 is 1.30 bits per heavy atom. The third kappa shape index (κ3) is 5.04. The number of benzene rings is 1. The van der Waals surface area contributed by atoms with Crippen molar-refractivity contribution in [2.24, 2.45) is 16.5 Å². The molecular weight excluding hydrogens is 320 g/mol. The summed E-state index contributed by atoms with van der Waals surface area (Å²) in [6, 6.07) is 4.48. The zero-order valence-electron chi connectivity index (χ0n) is 13.6. The average Bonchev–Trinajstić information content (AvgIpc) is 2.32. The van der Waals surface area contributed by atoms with Crippen LogP contribution in [-0.2, 0) is 26.2 Å². The Hall–Kier alpha value is -1.93. The molecule has 0 radical (unpaired) electrons. The number of aryl methyl sites for hydroxylation is 1. The van der Waals surface area contributed by atoms with Crippen molar-refractivity contribution in [3.63, 3.8) is 0 Å². The van der Waals surface area contributed by atoms with Crippen LogP contribution >= 0.6 is 0 Å². The molecule has 8 heteroatoms. The lowest BCUT2D eigenvalue weighted by molar-refractivity contribution is -0.151. The first kappa shape index (κ1) is 19.1. The van der Waals surface area contributed by atoms with E-state index in [1.54, 1.807) is 33.8 Å². The van der Waals surface area contributed by atoms with Crippen LogP contribution in [0.1, 0.15) is 31.9 Å². The van der Waals surface area contributed by atoms with E-state index in [2.05, 4.69) is 5.32 Å². The van der Waals surface area contributed by atoms with Gasteiger partial charge in [0.25, 0.3) is 0 Å². The highest BCUT2D eigenvalue weighted by Crippen LogP contribution is 2.26. The molecule has 0 bridgehead atoms. The highest BCUT2D eigenvalue weighted by molar-refractivity contribution is 7.89. The molecule has 1 aromatic rings. The number of nitrogens with one attached hydrogen (secondary N) is 1. The maximum Gasteiger partial charge on any atom is 0.316 e. The second-order valence-electron chi connectivity index (χ2n) is 6.50. The Labute approximate surface area is 135 Å². The summed E-state index contributed by atoms with van der Waals surface area (Å²) in [6.45, 7) is 6.73. The number of carboxylic acid groups (broad SMARTS) is 1. The van der Waals surface area contributed by atoms with E-state index in [-0.39, 0.29) is 11.4 Å². The summed E-state index contributed by atoms with van der Waals surface area (Å²) in [5, 5.41) is 16.9. The number of amides is 1. The van der Waals surface area contributed by atoms with Gasteiger partial charge in [-0.2, -0.15) is 0 Å². The van der Waals surface area contributed by atoms with Gasteiger partial charge >= 0.3 is 5.97 Å². The first-order valence-corrected chi connectivity index (χ1v) is 8.51. The number of rotatable bonds is 5. The number of carbonyl (C=O) groups is 2. The van der Waals surface area contributed by atoms with Crippen molar-refractivity contribution in [1.29, 1.82) is 0 Å². The van der Waals surface area contributed by atoms with Gasteiger partial charge in [-0.05, 0) is 29.5 Å². The number of sulfonamides is 1. The van der Waals surface area contributed by atoms with Crippen LogP contribution in [0.4, 0.5) is 0 Å². The molecule has 0 aliphatic rings. The fraction of sp³-hybridized carbons (Fsp3) is 0.467. The molecule has 0 heterocycles. The van der Waals surface area contributed by atoms with Gasteiger partial charge in [-0.25, -0.2) is 13.6 Å². The highest BCUT2D eigenvalue weighted by atomic mass is 32.2. The van der Waals surface area contributed by atoms with Gasteiger partial charge < -0.3 is 10.4 Å². The van der Waals surface area contributed by atoms with Crippen molar-refractivity contribution in [2.45, 2.75) is 39.1 Å². The van der Waals surface area contributed by atoms with E-state index in [1.807, 2.05) is 0 Å². The molecule has 7 nitrogen and oxygen atoms in total. The van der Waals surface area contributed by atoms with Gasteiger partial charge in [-0.15, -0.1) is 0 Å². The van der Waals surface area contributed by atoms with E-state index in [9.17, 15) is 23.1 Å². The van der Waals surface area contributed by atoms with Crippen molar-refractivity contribution < 1.29 is 23.1 Å². The SMILES string of the molecule is Cc1cc(CNC(=O)C(C(=O)O)C(C)(C)C)ccc1S(N)(=O)=O. The molecular formula is C15H22N2O5S. The number of hydrogen-bond donors (Lipinski definition) is 3. The molecule has 23 heavy (non-hydrogen) atoms. The molecule has 0 spiro atoms. The molecule has 0 saturated heterocycles. The Bertz CT molecular complexity index is 720. The molecule has 1 rings (SSSR count). The zero-order chi connectivity index (χ0) is 18.0. The van der Waals surface area contributed by atoms with Crippen molar-refractivity contribution in [2.75, 3.05) is 0 Å². The van der Waals surface area contributed by atoms with Crippen LogP contribution in [0.15, 0.2) is 23.1 Å². The predicted molar refractivity (Wildman–Crippen MR) is 85.0 cm³/mol. The van der Waals surface area contributed by atoms with Crippen LogP contribution in [0.3, 0.4) is 0 Å². The summed E-state index contributed by atoms with van der Waals surface area (Å²) in [5.74, 6) is -2.94. The average molecular weight is 342 g/mol. The number of nitrogens with two attached hydrogens (primary N) is 1. The minimum absolute atomic E-state index is 0.0191. The minimum Gasteiger partial charge on any atom is -0.481 e. The second-order valence-corrected chi connectivity index (χ2v) is 8.03. The Morgan fingerprint density at radius 3 is 2.26 bits per heavy atom. The predicted octanol–water partition coefficient (Wildman–Crippen LogP) is 1.01. The maximum absolute atomic E-state index is 12.1. The smallest absolute Gasteiger partial charge is 0.316 e. The molecule has 0 aliphatic carbocycles. The van der Waals surface area contributed by atoms with Crippen LogP contribution in [0.5, 0.6) is 0 Å². The summed E-state index contributed by atoms with van der Waals surface area (Å²) in [7, 11) is -3.79. The summed E-state index contributed by atoms with van der Waals surface area (Å²) in [5.41, 5.74) is 0.398. The molecule has 0 saturated carbocycles. The summed E-state index contributed by atoms with van der Waals surface area (Å²) in [4.78, 5) is 23.4. The Kier molecular flexibility index (Phi) is 5.55. The number of primary sulfonamides is 1. The number of aliphatic carboxylic acids is 1. The quantitative estimate of drug-likeness (QED) is 0.688. The third-order valence-electron chi connectivity index (χ3n) is 3.39. The maximum atomic E-state index is 12.1. The first-order valence-electron chi connectivity index (χ1n) is 6.97. The van der Waals surface area contributed by atoms with Gasteiger partial charge in [-0.3, -0.25) is 9.59 Å². The van der Waals surface area contributed by atoms with Gasteiger partial charge in [0.1, 0.15) is 5.92 Å². The normalized spacial score (nSPS) is 13.4. The van der Waals surface area contributed by atoms with Crippen molar-refractivity contribution >= 4 is 21.9 Å². The van der Waals surface area contributed by atoms with Gasteiger partial charge in [-0.1, -0.05) is 32.9 Å². The van der Waals surface area contributed by atoms with Crippen LogP contribution in [0.25, 0.3) is 0 Å². The third-order valence-corrected chi connectivity index (χ3v) is 4.46. The van der Waals surface area contributed by atoms with E-state index < -0.39 is 33.2 Å². The van der Waals surface area contributed by atoms with E-state index in [4.69, 9.17) is 5.14 Å². The molecule has 0 fully saturated rings. The van der Waals surface area contributed by atoms with Gasteiger partial charge in [0.15, 0.2) is 0 Å². The van der Waals surface area contributed by atoms with E-state index >= 15 is 0 Å². The molecule has 4 N–H and O–H groups in total. The molecule has 128 valence electrons. The fourth-order valence-electron chi connectivity index (χ4n) is 2.31. The topological polar surface area (TPSA) is 127 Å². The van der Waals surface area contributed by atoms with E-state index in [1.165, 1.54) is 12.1 Å². The fourth-order valence-corrected chi connectivity index (χ4v) is 3.07. The molecule has 0 aromatic heterocycles. The first-order chi connectivity index (χ1) is 10.3. The molecule has 1 unspecified atom stereocenters. The molecule has 0 aliphatic heterocycles. The molecule has 1 amide bonds. The lowest BCUT2D eigenvalue weighted by Crippen LogP contribution is -2.42. The lowest BCUT2D eigenvalue weighted by Gasteiger charge is -2.26. The van der Waals surface area contributed by atoms with E-state index in [0.717, 1.165) is 0 Å². The number of carboxylic acids is 1. The molecule has 1 aromatic carbocycles. The van der Waals surface area contributed by atoms with Crippen LogP contribution in [0.2, 0.25) is 0 Å². The number of hydrogen-bond acceptors (Lipinski definition) is 4. The van der Waals surface area contributed by atoms with Crippen LogP contribution in [0, 0.1) is 18.3 Å². The summed E-state index contributed by atoms with van der Waals surface area (Å²) >= 11 is 0. The molecule has 1 atom stereocenters. The second kappa shape index (κ2) is 6.67. The zero-order valence-corrected chi connectivity index (χ0v) is 14.4. The summed E-state index contributed by atoms with van der Waals surface area (Å²) in [6.07, 6.45) is 0. The Morgan fingerprint density at radius 2 is 1.87 bits per heavy atom. The highest BCUT2D eigenvalue weighted by Gasteiger charge is 2.37. The van der Waals surface area contributed by atoms with Crippen LogP contribution in [-0.4, -0.2) is 25.4 Å². The van der Waals surface area contributed by atoms with Crippen molar-refractivity contribution in [1.82, 2.24) is 5.32 Å².